The molecule has 2 N–H and O–H groups in total. The van der Waals surface area contributed by atoms with E-state index in [1.165, 1.54) is 19.3 Å². The lowest BCUT2D eigenvalue weighted by molar-refractivity contribution is 0.0112. The molecule has 2 aliphatic heterocycles. The van der Waals surface area contributed by atoms with Crippen LogP contribution in [0.15, 0.2) is 0 Å². The molecule has 0 spiro atoms. The number of aromatic nitrogens is 3. The van der Waals surface area contributed by atoms with E-state index in [1.807, 2.05) is 0 Å². The van der Waals surface area contributed by atoms with Gasteiger partial charge in [0.1, 0.15) is 5.82 Å². The molecule has 0 amide bonds. The Bertz CT molecular complexity index is 433. The van der Waals surface area contributed by atoms with Crippen LogP contribution in [0.3, 0.4) is 0 Å². The first-order chi connectivity index (χ1) is 10.2. The Balaban J connectivity index is 1.53. The molecule has 6 heteroatoms. The van der Waals surface area contributed by atoms with Gasteiger partial charge >= 0.3 is 0 Å². The van der Waals surface area contributed by atoms with Crippen LogP contribution in [0.2, 0.25) is 0 Å². The molecule has 2 fully saturated rings. The van der Waals surface area contributed by atoms with Gasteiger partial charge in [-0.3, -0.25) is 5.10 Å². The van der Waals surface area contributed by atoms with Crippen LogP contribution in [0.4, 0.5) is 5.95 Å². The van der Waals surface area contributed by atoms with Crippen LogP contribution >= 0.6 is 0 Å². The van der Waals surface area contributed by atoms with Gasteiger partial charge in [0.2, 0.25) is 5.95 Å². The lowest BCUT2D eigenvalue weighted by Gasteiger charge is -2.35. The zero-order valence-corrected chi connectivity index (χ0v) is 13.1. The van der Waals surface area contributed by atoms with Gasteiger partial charge < -0.3 is 15.0 Å². The second-order valence-corrected chi connectivity index (χ2v) is 6.48. The highest BCUT2D eigenvalue weighted by atomic mass is 16.5. The molecule has 1 aromatic heterocycles. The van der Waals surface area contributed by atoms with Crippen molar-refractivity contribution in [3.8, 4) is 0 Å². The van der Waals surface area contributed by atoms with Gasteiger partial charge in [-0.05, 0) is 39.5 Å². The smallest absolute Gasteiger partial charge is 0.244 e. The molecule has 2 saturated heterocycles. The van der Waals surface area contributed by atoms with E-state index < -0.39 is 0 Å². The van der Waals surface area contributed by atoms with E-state index >= 15 is 0 Å². The summed E-state index contributed by atoms with van der Waals surface area (Å²) in [6.07, 6.45) is 6.07. The zero-order chi connectivity index (χ0) is 14.7. The summed E-state index contributed by atoms with van der Waals surface area (Å²) in [6.45, 7) is 7.26. The van der Waals surface area contributed by atoms with Gasteiger partial charge in [0.05, 0.1) is 6.10 Å². The predicted molar refractivity (Wildman–Crippen MR) is 82.6 cm³/mol. The molecule has 3 heterocycles. The van der Waals surface area contributed by atoms with E-state index in [0.29, 0.717) is 18.2 Å². The van der Waals surface area contributed by atoms with E-state index in [0.717, 1.165) is 44.3 Å². The van der Waals surface area contributed by atoms with Crippen molar-refractivity contribution >= 4 is 5.95 Å². The van der Waals surface area contributed by atoms with E-state index in [-0.39, 0.29) is 0 Å². The van der Waals surface area contributed by atoms with Crippen molar-refractivity contribution in [3.05, 3.63) is 5.82 Å². The van der Waals surface area contributed by atoms with Crippen molar-refractivity contribution in [2.75, 3.05) is 24.6 Å². The number of hydrogen-bond donors (Lipinski definition) is 2. The molecular weight excluding hydrogens is 266 g/mol. The minimum absolute atomic E-state index is 0.409. The number of anilines is 1. The Labute approximate surface area is 126 Å². The second kappa shape index (κ2) is 6.75. The van der Waals surface area contributed by atoms with Crippen LogP contribution in [0.25, 0.3) is 0 Å². The van der Waals surface area contributed by atoms with Gasteiger partial charge in [-0.25, -0.2) is 0 Å². The number of nitrogens with one attached hydrogen (secondary N) is 2. The number of rotatable bonds is 4. The summed E-state index contributed by atoms with van der Waals surface area (Å²) >= 11 is 0. The van der Waals surface area contributed by atoms with Crippen LogP contribution in [-0.2, 0) is 11.2 Å². The van der Waals surface area contributed by atoms with Gasteiger partial charge in [-0.15, -0.1) is 5.10 Å². The zero-order valence-electron chi connectivity index (χ0n) is 13.1. The minimum atomic E-state index is 0.409. The molecule has 6 nitrogen and oxygen atoms in total. The van der Waals surface area contributed by atoms with Crippen molar-refractivity contribution in [2.24, 2.45) is 0 Å². The highest BCUT2D eigenvalue weighted by molar-refractivity contribution is 5.30. The van der Waals surface area contributed by atoms with Gasteiger partial charge in [0, 0.05) is 38.2 Å². The minimum Gasteiger partial charge on any atom is -0.378 e. The number of H-pyrrole nitrogens is 1. The third kappa shape index (κ3) is 3.95. The average Bonchev–Trinajstić information content (AvgIpc) is 2.94. The fourth-order valence-corrected chi connectivity index (χ4v) is 3.36. The number of aromatic amines is 1. The molecule has 0 aliphatic carbocycles. The maximum absolute atomic E-state index is 5.77. The lowest BCUT2D eigenvalue weighted by Crippen LogP contribution is -2.54. The van der Waals surface area contributed by atoms with Gasteiger partial charge in [0.15, 0.2) is 0 Å². The van der Waals surface area contributed by atoms with Crippen molar-refractivity contribution in [1.29, 1.82) is 0 Å². The molecule has 3 unspecified atom stereocenters. The molecule has 118 valence electrons. The van der Waals surface area contributed by atoms with Gasteiger partial charge in [-0.2, -0.15) is 4.98 Å². The van der Waals surface area contributed by atoms with Gasteiger partial charge in [0.25, 0.3) is 0 Å². The van der Waals surface area contributed by atoms with E-state index in [2.05, 4.69) is 39.2 Å². The van der Waals surface area contributed by atoms with Crippen molar-refractivity contribution in [1.82, 2.24) is 20.5 Å². The summed E-state index contributed by atoms with van der Waals surface area (Å²) in [6, 6.07) is 0.956. The monoisotopic (exact) mass is 293 g/mol. The highest BCUT2D eigenvalue weighted by Crippen LogP contribution is 2.18. The van der Waals surface area contributed by atoms with Gasteiger partial charge in [-0.1, -0.05) is 0 Å². The summed E-state index contributed by atoms with van der Waals surface area (Å²) in [4.78, 5) is 6.93. The van der Waals surface area contributed by atoms with Crippen molar-refractivity contribution in [3.63, 3.8) is 0 Å². The van der Waals surface area contributed by atoms with Crippen LogP contribution < -0.4 is 10.2 Å². The normalized spacial score (nSPS) is 30.6. The molecule has 0 saturated carbocycles. The van der Waals surface area contributed by atoms with Crippen molar-refractivity contribution < 1.29 is 4.74 Å². The molecule has 0 bridgehead atoms. The fraction of sp³-hybridized carbons (Fsp3) is 0.867. The molecule has 21 heavy (non-hydrogen) atoms. The van der Waals surface area contributed by atoms with Crippen molar-refractivity contribution in [2.45, 2.75) is 64.1 Å². The quantitative estimate of drug-likeness (QED) is 0.880. The molecule has 1 aromatic rings. The highest BCUT2D eigenvalue weighted by Gasteiger charge is 2.24. The van der Waals surface area contributed by atoms with Crippen LogP contribution in [-0.4, -0.2) is 53.1 Å². The largest absolute Gasteiger partial charge is 0.378 e. The Morgan fingerprint density at radius 3 is 2.76 bits per heavy atom. The standard InChI is InChI=1S/C15H27N5O/c1-11-9-20(10-12(2)16-11)15-17-14(18-19-15)7-6-13-5-3-4-8-21-13/h11-13,16H,3-10H2,1-2H3,(H,17,18,19). The Morgan fingerprint density at radius 2 is 2.05 bits per heavy atom. The first-order valence-corrected chi connectivity index (χ1v) is 8.24. The molecule has 0 aromatic carbocycles. The summed E-state index contributed by atoms with van der Waals surface area (Å²) < 4.78 is 5.77. The topological polar surface area (TPSA) is 66.1 Å². The SMILES string of the molecule is CC1CN(c2n[nH]c(CCC3CCCCO3)n2)CC(C)N1. The third-order valence-corrected chi connectivity index (χ3v) is 4.34. The molecule has 0 radical (unpaired) electrons. The number of piperazine rings is 1. The van der Waals surface area contributed by atoms with Crippen LogP contribution in [0.5, 0.6) is 0 Å². The van der Waals surface area contributed by atoms with Crippen LogP contribution in [0.1, 0.15) is 45.4 Å². The molecule has 3 atom stereocenters. The fourth-order valence-electron chi connectivity index (χ4n) is 3.36. The first-order valence-electron chi connectivity index (χ1n) is 8.24. The lowest BCUT2D eigenvalue weighted by atomic mass is 10.0. The van der Waals surface area contributed by atoms with E-state index in [4.69, 9.17) is 4.74 Å². The Kier molecular flexibility index (Phi) is 4.75. The number of hydrogen-bond acceptors (Lipinski definition) is 5. The molecule has 2 aliphatic rings. The van der Waals surface area contributed by atoms with E-state index in [1.54, 1.807) is 0 Å². The third-order valence-electron chi connectivity index (χ3n) is 4.34. The summed E-state index contributed by atoms with van der Waals surface area (Å²) in [7, 11) is 0. The van der Waals surface area contributed by atoms with E-state index in [9.17, 15) is 0 Å². The molecular formula is C15H27N5O. The number of ether oxygens (including phenoxy) is 1. The van der Waals surface area contributed by atoms with Crippen LogP contribution in [0, 0.1) is 0 Å². The first kappa shape index (κ1) is 14.8. The predicted octanol–water partition coefficient (Wildman–Crippen LogP) is 1.49. The Morgan fingerprint density at radius 1 is 1.24 bits per heavy atom. The maximum Gasteiger partial charge on any atom is 0.244 e. The Hall–Kier alpha value is -1.14. The second-order valence-electron chi connectivity index (χ2n) is 6.48. The maximum atomic E-state index is 5.77. The summed E-state index contributed by atoms with van der Waals surface area (Å²) in [5.74, 6) is 1.83. The number of aryl methyl sites for hydroxylation is 1. The average molecular weight is 293 g/mol. The molecule has 3 rings (SSSR count). The summed E-state index contributed by atoms with van der Waals surface area (Å²) in [5.41, 5.74) is 0. The summed E-state index contributed by atoms with van der Waals surface area (Å²) in [5, 5.41) is 11.0. The number of nitrogens with zero attached hydrogens (tertiary/aromatic N) is 3.